The Labute approximate surface area is 104 Å². The minimum atomic E-state index is 0.497. The van der Waals surface area contributed by atoms with Crippen LogP contribution in [0.1, 0.15) is 55.0 Å². The van der Waals surface area contributed by atoms with Crippen molar-refractivity contribution in [3.63, 3.8) is 0 Å². The fourth-order valence-corrected chi connectivity index (χ4v) is 3.04. The molecule has 0 fully saturated rings. The first-order valence-electron chi connectivity index (χ1n) is 6.31. The molecule has 1 nitrogen and oxygen atoms in total. The Morgan fingerprint density at radius 3 is 2.44 bits per heavy atom. The maximum absolute atomic E-state index is 3.62. The lowest BCUT2D eigenvalue weighted by Gasteiger charge is -2.14. The van der Waals surface area contributed by atoms with E-state index in [1.54, 1.807) is 0 Å². The van der Waals surface area contributed by atoms with Crippen LogP contribution in [0.4, 0.5) is 0 Å². The second-order valence-electron chi connectivity index (χ2n) is 5.08. The van der Waals surface area contributed by atoms with Crippen molar-refractivity contribution in [1.29, 1.82) is 0 Å². The van der Waals surface area contributed by atoms with E-state index in [2.05, 4.69) is 46.0 Å². The van der Waals surface area contributed by atoms with E-state index in [0.29, 0.717) is 6.04 Å². The molecule has 0 aliphatic rings. The molecule has 0 saturated carbocycles. The van der Waals surface area contributed by atoms with Crippen LogP contribution in [0.2, 0.25) is 0 Å². The summed E-state index contributed by atoms with van der Waals surface area (Å²) in [5.74, 6) is 0.822. The summed E-state index contributed by atoms with van der Waals surface area (Å²) in [5.41, 5.74) is 1.48. The highest BCUT2D eigenvalue weighted by molar-refractivity contribution is 7.12. The molecule has 1 atom stereocenters. The van der Waals surface area contributed by atoms with Gasteiger partial charge in [-0.25, -0.2) is 0 Å². The maximum Gasteiger partial charge on any atom is 0.0302 e. The van der Waals surface area contributed by atoms with Crippen LogP contribution >= 0.6 is 11.3 Å². The summed E-state index contributed by atoms with van der Waals surface area (Å²) >= 11 is 1.90. The molecule has 0 saturated heterocycles. The molecular weight excluding hydrogens is 214 g/mol. The van der Waals surface area contributed by atoms with Gasteiger partial charge < -0.3 is 5.32 Å². The standard InChI is InChI=1S/C14H25NS/c1-10(2)7-6-8-15-12(4)14-9-11(3)16-13(14)5/h9-10,12,15H,6-8H2,1-5H3. The van der Waals surface area contributed by atoms with E-state index in [-0.39, 0.29) is 0 Å². The normalized spacial score (nSPS) is 13.4. The van der Waals surface area contributed by atoms with Crippen molar-refractivity contribution >= 4 is 11.3 Å². The lowest BCUT2D eigenvalue weighted by Crippen LogP contribution is -2.20. The highest BCUT2D eigenvalue weighted by Crippen LogP contribution is 2.26. The van der Waals surface area contributed by atoms with Gasteiger partial charge in [-0.05, 0) is 57.7 Å². The van der Waals surface area contributed by atoms with Gasteiger partial charge in [-0.3, -0.25) is 0 Å². The SMILES string of the molecule is Cc1cc(C(C)NCCCC(C)C)c(C)s1. The van der Waals surface area contributed by atoms with Gasteiger partial charge in [0.15, 0.2) is 0 Å². The van der Waals surface area contributed by atoms with Crippen LogP contribution in [0.5, 0.6) is 0 Å². The second-order valence-corrected chi connectivity index (χ2v) is 6.54. The largest absolute Gasteiger partial charge is 0.310 e. The average molecular weight is 239 g/mol. The number of rotatable bonds is 6. The zero-order valence-electron chi connectivity index (χ0n) is 11.3. The lowest BCUT2D eigenvalue weighted by molar-refractivity contribution is 0.497. The van der Waals surface area contributed by atoms with Gasteiger partial charge in [-0.15, -0.1) is 11.3 Å². The van der Waals surface area contributed by atoms with Crippen molar-refractivity contribution < 1.29 is 0 Å². The first kappa shape index (κ1) is 13.7. The van der Waals surface area contributed by atoms with Gasteiger partial charge in [0.2, 0.25) is 0 Å². The zero-order chi connectivity index (χ0) is 12.1. The molecule has 1 rings (SSSR count). The Morgan fingerprint density at radius 2 is 1.94 bits per heavy atom. The van der Waals surface area contributed by atoms with Gasteiger partial charge in [0.25, 0.3) is 0 Å². The van der Waals surface area contributed by atoms with Gasteiger partial charge in [-0.2, -0.15) is 0 Å². The zero-order valence-corrected chi connectivity index (χ0v) is 12.1. The Hall–Kier alpha value is -0.340. The molecule has 0 aliphatic heterocycles. The van der Waals surface area contributed by atoms with Crippen LogP contribution in [0.25, 0.3) is 0 Å². The number of hydrogen-bond acceptors (Lipinski definition) is 2. The van der Waals surface area contributed by atoms with Gasteiger partial charge in [0.05, 0.1) is 0 Å². The smallest absolute Gasteiger partial charge is 0.0302 e. The molecule has 0 bridgehead atoms. The third-order valence-corrected chi connectivity index (χ3v) is 3.94. The molecule has 0 aliphatic carbocycles. The Morgan fingerprint density at radius 1 is 1.25 bits per heavy atom. The summed E-state index contributed by atoms with van der Waals surface area (Å²) in [4.78, 5) is 2.88. The van der Waals surface area contributed by atoms with Crippen molar-refractivity contribution in [2.24, 2.45) is 5.92 Å². The van der Waals surface area contributed by atoms with Crippen LogP contribution in [-0.2, 0) is 0 Å². The van der Waals surface area contributed by atoms with Crippen molar-refractivity contribution in [2.45, 2.75) is 53.5 Å². The van der Waals surface area contributed by atoms with Crippen molar-refractivity contribution in [1.82, 2.24) is 5.32 Å². The summed E-state index contributed by atoms with van der Waals surface area (Å²) in [6, 6.07) is 2.82. The fraction of sp³-hybridized carbons (Fsp3) is 0.714. The van der Waals surface area contributed by atoms with E-state index in [1.165, 1.54) is 28.2 Å². The predicted molar refractivity (Wildman–Crippen MR) is 74.3 cm³/mol. The molecule has 0 radical (unpaired) electrons. The highest BCUT2D eigenvalue weighted by Gasteiger charge is 2.10. The van der Waals surface area contributed by atoms with E-state index in [0.717, 1.165) is 12.5 Å². The quantitative estimate of drug-likeness (QED) is 0.723. The number of nitrogens with one attached hydrogen (secondary N) is 1. The fourth-order valence-electron chi connectivity index (χ4n) is 2.02. The molecule has 92 valence electrons. The Bertz CT molecular complexity index is 315. The molecular formula is C14H25NS. The third-order valence-electron chi connectivity index (χ3n) is 2.95. The monoisotopic (exact) mass is 239 g/mol. The maximum atomic E-state index is 3.62. The van der Waals surface area contributed by atoms with Gasteiger partial charge in [0, 0.05) is 15.8 Å². The van der Waals surface area contributed by atoms with Gasteiger partial charge >= 0.3 is 0 Å². The number of thiophene rings is 1. The van der Waals surface area contributed by atoms with Crippen molar-refractivity contribution in [3.8, 4) is 0 Å². The average Bonchev–Trinajstić information content (AvgIpc) is 2.52. The lowest BCUT2D eigenvalue weighted by atomic mass is 10.1. The minimum absolute atomic E-state index is 0.497. The van der Waals surface area contributed by atoms with E-state index in [1.807, 2.05) is 11.3 Å². The molecule has 2 heteroatoms. The minimum Gasteiger partial charge on any atom is -0.310 e. The van der Waals surface area contributed by atoms with Crippen LogP contribution in [-0.4, -0.2) is 6.54 Å². The molecule has 16 heavy (non-hydrogen) atoms. The first-order chi connectivity index (χ1) is 7.50. The summed E-state index contributed by atoms with van der Waals surface area (Å²) in [7, 11) is 0. The molecule has 0 amide bonds. The van der Waals surface area contributed by atoms with Crippen LogP contribution in [0, 0.1) is 19.8 Å². The van der Waals surface area contributed by atoms with Crippen LogP contribution < -0.4 is 5.32 Å². The Kier molecular flexibility index (Phi) is 5.50. The van der Waals surface area contributed by atoms with E-state index in [4.69, 9.17) is 0 Å². The molecule has 1 heterocycles. The summed E-state index contributed by atoms with van der Waals surface area (Å²) < 4.78 is 0. The molecule has 1 aromatic heterocycles. The van der Waals surface area contributed by atoms with Gasteiger partial charge in [-0.1, -0.05) is 13.8 Å². The van der Waals surface area contributed by atoms with E-state index >= 15 is 0 Å². The summed E-state index contributed by atoms with van der Waals surface area (Å²) in [5, 5.41) is 3.62. The van der Waals surface area contributed by atoms with E-state index < -0.39 is 0 Å². The molecule has 1 N–H and O–H groups in total. The molecule has 1 unspecified atom stereocenters. The Balaban J connectivity index is 2.35. The van der Waals surface area contributed by atoms with Crippen molar-refractivity contribution in [2.75, 3.05) is 6.54 Å². The second kappa shape index (κ2) is 6.41. The highest BCUT2D eigenvalue weighted by atomic mass is 32.1. The summed E-state index contributed by atoms with van der Waals surface area (Å²) in [6.07, 6.45) is 2.60. The molecule has 0 aromatic carbocycles. The molecule has 1 aromatic rings. The summed E-state index contributed by atoms with van der Waals surface area (Å²) in [6.45, 7) is 12.4. The topological polar surface area (TPSA) is 12.0 Å². The van der Waals surface area contributed by atoms with E-state index in [9.17, 15) is 0 Å². The number of hydrogen-bond donors (Lipinski definition) is 1. The first-order valence-corrected chi connectivity index (χ1v) is 7.12. The van der Waals surface area contributed by atoms with Crippen LogP contribution in [0.3, 0.4) is 0 Å². The van der Waals surface area contributed by atoms with Crippen molar-refractivity contribution in [3.05, 3.63) is 21.4 Å². The molecule has 0 spiro atoms. The predicted octanol–water partition coefficient (Wildman–Crippen LogP) is 4.45. The number of aryl methyl sites for hydroxylation is 2. The van der Waals surface area contributed by atoms with Crippen LogP contribution in [0.15, 0.2) is 6.07 Å². The van der Waals surface area contributed by atoms with Gasteiger partial charge in [0.1, 0.15) is 0 Å². The third kappa shape index (κ3) is 4.26.